The fraction of sp³-hybridized carbons (Fsp3) is 0.348. The molecular formula is C23H25Cl2N3O2S2. The van der Waals surface area contributed by atoms with Crippen LogP contribution in [0, 0.1) is 0 Å². The van der Waals surface area contributed by atoms with Gasteiger partial charge in [0.2, 0.25) is 10.0 Å². The van der Waals surface area contributed by atoms with E-state index < -0.39 is 10.0 Å². The molecule has 0 atom stereocenters. The molecule has 2 aromatic carbocycles. The Hall–Kier alpha value is -1.64. The van der Waals surface area contributed by atoms with Gasteiger partial charge in [-0.3, -0.25) is 0 Å². The highest BCUT2D eigenvalue weighted by Crippen LogP contribution is 2.32. The number of hydrogen-bond donors (Lipinski definition) is 0. The van der Waals surface area contributed by atoms with Crippen molar-refractivity contribution in [2.75, 3.05) is 31.1 Å². The summed E-state index contributed by atoms with van der Waals surface area (Å²) in [7, 11) is -3.69. The molecule has 32 heavy (non-hydrogen) atoms. The summed E-state index contributed by atoms with van der Waals surface area (Å²) in [4.78, 5) is 7.00. The topological polar surface area (TPSA) is 53.5 Å². The number of nitrogens with zero attached hydrogens (tertiary/aromatic N) is 3. The molecule has 5 nitrogen and oxygen atoms in total. The molecule has 1 fully saturated rings. The summed E-state index contributed by atoms with van der Waals surface area (Å²) in [6, 6.07) is 13.4. The standard InChI is InChI=1S/C23H25Cl2N3O2S2/c1-2-4-17-7-9-18(10-8-17)15-19-16-31-23(26-19)27-11-13-28(14-12-27)32(29,30)21-6-3-5-20(24)22(21)25/h3,5-10,16H,2,4,11-15H2,1H3. The van der Waals surface area contributed by atoms with E-state index in [1.54, 1.807) is 23.5 Å². The highest BCUT2D eigenvalue weighted by Gasteiger charge is 2.31. The van der Waals surface area contributed by atoms with Gasteiger partial charge < -0.3 is 4.90 Å². The predicted molar refractivity (Wildman–Crippen MR) is 133 cm³/mol. The normalized spacial score (nSPS) is 15.3. The first kappa shape index (κ1) is 23.5. The van der Waals surface area contributed by atoms with Crippen LogP contribution >= 0.6 is 34.5 Å². The fourth-order valence-corrected chi connectivity index (χ4v) is 6.82. The Kier molecular flexibility index (Phi) is 7.42. The zero-order valence-electron chi connectivity index (χ0n) is 17.8. The van der Waals surface area contributed by atoms with Crippen molar-refractivity contribution in [2.45, 2.75) is 31.1 Å². The van der Waals surface area contributed by atoms with Crippen LogP contribution < -0.4 is 4.90 Å². The van der Waals surface area contributed by atoms with E-state index in [2.05, 4.69) is 41.5 Å². The van der Waals surface area contributed by atoms with Crippen molar-refractivity contribution in [3.8, 4) is 0 Å². The summed E-state index contributed by atoms with van der Waals surface area (Å²) in [5, 5.41) is 3.33. The molecule has 4 rings (SSSR count). The largest absolute Gasteiger partial charge is 0.345 e. The summed E-state index contributed by atoms with van der Waals surface area (Å²) in [5.74, 6) is 0. The van der Waals surface area contributed by atoms with Gasteiger partial charge in [0, 0.05) is 38.0 Å². The molecule has 0 N–H and O–H groups in total. The lowest BCUT2D eigenvalue weighted by Crippen LogP contribution is -2.48. The van der Waals surface area contributed by atoms with E-state index >= 15 is 0 Å². The van der Waals surface area contributed by atoms with Crippen LogP contribution in [0.1, 0.15) is 30.2 Å². The van der Waals surface area contributed by atoms with Gasteiger partial charge in [-0.05, 0) is 29.7 Å². The number of hydrogen-bond acceptors (Lipinski definition) is 5. The second-order valence-electron chi connectivity index (χ2n) is 7.81. The minimum atomic E-state index is -3.69. The molecule has 1 aliphatic rings. The van der Waals surface area contributed by atoms with Gasteiger partial charge in [0.15, 0.2) is 5.13 Å². The Labute approximate surface area is 203 Å². The van der Waals surface area contributed by atoms with E-state index in [0.717, 1.165) is 30.1 Å². The summed E-state index contributed by atoms with van der Waals surface area (Å²) < 4.78 is 27.5. The van der Waals surface area contributed by atoms with E-state index in [0.29, 0.717) is 26.2 Å². The Morgan fingerprint density at radius 1 is 1.00 bits per heavy atom. The van der Waals surface area contributed by atoms with Crippen LogP contribution in [0.25, 0.3) is 0 Å². The molecule has 1 saturated heterocycles. The third-order valence-corrected chi connectivity index (χ3v) is 9.35. The molecule has 2 heterocycles. The van der Waals surface area contributed by atoms with Crippen molar-refractivity contribution in [3.63, 3.8) is 0 Å². The van der Waals surface area contributed by atoms with Gasteiger partial charge in [0.25, 0.3) is 0 Å². The monoisotopic (exact) mass is 509 g/mol. The van der Waals surface area contributed by atoms with Crippen LogP contribution in [0.5, 0.6) is 0 Å². The highest BCUT2D eigenvalue weighted by atomic mass is 35.5. The van der Waals surface area contributed by atoms with Crippen LogP contribution in [0.4, 0.5) is 5.13 Å². The summed E-state index contributed by atoms with van der Waals surface area (Å²) >= 11 is 13.8. The lowest BCUT2D eigenvalue weighted by molar-refractivity contribution is 0.384. The number of thiazole rings is 1. The third kappa shape index (κ3) is 5.13. The molecule has 3 aromatic rings. The van der Waals surface area contributed by atoms with Gasteiger partial charge >= 0.3 is 0 Å². The lowest BCUT2D eigenvalue weighted by Gasteiger charge is -2.34. The average Bonchev–Trinajstić information content (AvgIpc) is 3.25. The fourth-order valence-electron chi connectivity index (χ4n) is 3.79. The second kappa shape index (κ2) is 10.1. The van der Waals surface area contributed by atoms with Gasteiger partial charge in [-0.2, -0.15) is 4.31 Å². The molecule has 0 amide bonds. The minimum Gasteiger partial charge on any atom is -0.345 e. The highest BCUT2D eigenvalue weighted by molar-refractivity contribution is 7.89. The average molecular weight is 511 g/mol. The number of piperazine rings is 1. The number of aryl methyl sites for hydroxylation is 1. The quantitative estimate of drug-likeness (QED) is 0.421. The zero-order chi connectivity index (χ0) is 22.7. The number of aromatic nitrogens is 1. The van der Waals surface area contributed by atoms with Crippen LogP contribution in [0.3, 0.4) is 0 Å². The van der Waals surface area contributed by atoms with E-state index in [4.69, 9.17) is 28.2 Å². The molecule has 0 saturated carbocycles. The van der Waals surface area contributed by atoms with Gasteiger partial charge in [-0.1, -0.05) is 66.9 Å². The van der Waals surface area contributed by atoms with Crippen molar-refractivity contribution < 1.29 is 8.42 Å². The molecular weight excluding hydrogens is 485 g/mol. The molecule has 1 aromatic heterocycles. The van der Waals surface area contributed by atoms with Crippen LogP contribution in [0.15, 0.2) is 52.7 Å². The number of halogens is 2. The van der Waals surface area contributed by atoms with Crippen molar-refractivity contribution in [3.05, 3.63) is 74.7 Å². The molecule has 0 spiro atoms. The van der Waals surface area contributed by atoms with E-state index in [-0.39, 0.29) is 14.9 Å². The Balaban J connectivity index is 1.38. The second-order valence-corrected chi connectivity index (χ2v) is 11.3. The first-order valence-electron chi connectivity index (χ1n) is 10.6. The van der Waals surface area contributed by atoms with E-state index in [1.807, 2.05) is 0 Å². The van der Waals surface area contributed by atoms with Crippen molar-refractivity contribution in [1.29, 1.82) is 0 Å². The van der Waals surface area contributed by atoms with Gasteiger partial charge in [0.05, 0.1) is 15.7 Å². The Morgan fingerprint density at radius 2 is 1.69 bits per heavy atom. The Morgan fingerprint density at radius 3 is 2.38 bits per heavy atom. The number of sulfonamides is 1. The first-order chi connectivity index (χ1) is 15.4. The molecule has 0 bridgehead atoms. The summed E-state index contributed by atoms with van der Waals surface area (Å²) in [5.41, 5.74) is 3.65. The molecule has 0 unspecified atom stereocenters. The first-order valence-corrected chi connectivity index (χ1v) is 13.7. The molecule has 0 radical (unpaired) electrons. The maximum atomic E-state index is 13.0. The van der Waals surface area contributed by atoms with Gasteiger partial charge in [-0.15, -0.1) is 11.3 Å². The summed E-state index contributed by atoms with van der Waals surface area (Å²) in [6.07, 6.45) is 3.05. The number of anilines is 1. The van der Waals surface area contributed by atoms with Crippen LogP contribution in [-0.4, -0.2) is 43.9 Å². The van der Waals surface area contributed by atoms with Crippen molar-refractivity contribution in [2.24, 2.45) is 0 Å². The summed E-state index contributed by atoms with van der Waals surface area (Å²) in [6.45, 7) is 4.09. The third-order valence-electron chi connectivity index (χ3n) is 5.53. The van der Waals surface area contributed by atoms with Crippen LogP contribution in [-0.2, 0) is 22.9 Å². The van der Waals surface area contributed by atoms with Crippen molar-refractivity contribution >= 4 is 49.7 Å². The zero-order valence-corrected chi connectivity index (χ0v) is 20.9. The maximum absolute atomic E-state index is 13.0. The number of rotatable bonds is 7. The van der Waals surface area contributed by atoms with Crippen molar-refractivity contribution in [1.82, 2.24) is 9.29 Å². The Bertz CT molecular complexity index is 1170. The maximum Gasteiger partial charge on any atom is 0.244 e. The smallest absolute Gasteiger partial charge is 0.244 e. The van der Waals surface area contributed by atoms with E-state index in [9.17, 15) is 8.42 Å². The molecule has 170 valence electrons. The van der Waals surface area contributed by atoms with Gasteiger partial charge in [-0.25, -0.2) is 13.4 Å². The molecule has 1 aliphatic heterocycles. The van der Waals surface area contributed by atoms with Crippen LogP contribution in [0.2, 0.25) is 10.0 Å². The lowest BCUT2D eigenvalue weighted by atomic mass is 10.1. The van der Waals surface area contributed by atoms with E-state index in [1.165, 1.54) is 21.5 Å². The van der Waals surface area contributed by atoms with Gasteiger partial charge in [0.1, 0.15) is 4.90 Å². The molecule has 0 aliphatic carbocycles. The SMILES string of the molecule is CCCc1ccc(Cc2csc(N3CCN(S(=O)(=O)c4cccc(Cl)c4Cl)CC3)n2)cc1. The number of benzene rings is 2. The minimum absolute atomic E-state index is 0.0570. The molecule has 9 heteroatoms. The predicted octanol–water partition coefficient (Wildman–Crippen LogP) is 5.50.